The van der Waals surface area contributed by atoms with Gasteiger partial charge in [0.05, 0.1) is 6.10 Å². The Morgan fingerprint density at radius 2 is 2.00 bits per heavy atom. The van der Waals surface area contributed by atoms with Gasteiger partial charge in [-0.25, -0.2) is 0 Å². The first-order valence-corrected chi connectivity index (χ1v) is 7.10. The molecule has 0 aromatic rings. The van der Waals surface area contributed by atoms with Crippen LogP contribution >= 0.6 is 11.8 Å². The Labute approximate surface area is 96.6 Å². The maximum Gasteiger partial charge on any atom is 0.0693 e. The van der Waals surface area contributed by atoms with Gasteiger partial charge in [0, 0.05) is 24.9 Å². The van der Waals surface area contributed by atoms with Crippen molar-refractivity contribution in [1.29, 1.82) is 0 Å². The van der Waals surface area contributed by atoms with Crippen molar-refractivity contribution in [1.82, 2.24) is 5.32 Å². The van der Waals surface area contributed by atoms with E-state index in [2.05, 4.69) is 5.32 Å². The predicted octanol–water partition coefficient (Wildman–Crippen LogP) is 0.995. The molecular weight excluding hydrogens is 210 g/mol. The molecule has 2 atom stereocenters. The van der Waals surface area contributed by atoms with E-state index in [0.29, 0.717) is 12.6 Å². The highest BCUT2D eigenvalue weighted by Crippen LogP contribution is 2.18. The highest BCUT2D eigenvalue weighted by molar-refractivity contribution is 7.99. The fourth-order valence-electron chi connectivity index (χ4n) is 1.93. The summed E-state index contributed by atoms with van der Waals surface area (Å²) in [5, 5.41) is 21.7. The van der Waals surface area contributed by atoms with Gasteiger partial charge in [0.1, 0.15) is 0 Å². The van der Waals surface area contributed by atoms with Gasteiger partial charge >= 0.3 is 0 Å². The van der Waals surface area contributed by atoms with Crippen molar-refractivity contribution in [3.8, 4) is 0 Å². The molecule has 90 valence electrons. The van der Waals surface area contributed by atoms with Gasteiger partial charge in [-0.15, -0.1) is 0 Å². The van der Waals surface area contributed by atoms with E-state index in [-0.39, 0.29) is 6.10 Å². The van der Waals surface area contributed by atoms with E-state index in [4.69, 9.17) is 5.11 Å². The Kier molecular flexibility index (Phi) is 7.44. The maximum absolute atomic E-state index is 9.71. The second-order valence-corrected chi connectivity index (χ2v) is 5.33. The van der Waals surface area contributed by atoms with Crippen LogP contribution in [0.2, 0.25) is 0 Å². The lowest BCUT2D eigenvalue weighted by Crippen LogP contribution is -2.42. The molecule has 4 heteroatoms. The van der Waals surface area contributed by atoms with Crippen LogP contribution in [0.1, 0.15) is 32.1 Å². The molecule has 1 fully saturated rings. The molecule has 15 heavy (non-hydrogen) atoms. The number of aliphatic hydroxyl groups excluding tert-OH is 2. The quantitative estimate of drug-likeness (QED) is 0.574. The second-order valence-electron chi connectivity index (χ2n) is 4.10. The molecule has 0 aromatic heterocycles. The van der Waals surface area contributed by atoms with E-state index in [1.165, 1.54) is 12.8 Å². The molecular formula is C11H23NO2S. The van der Waals surface area contributed by atoms with Crippen LogP contribution in [0, 0.1) is 0 Å². The normalized spacial score (nSPS) is 26.8. The standard InChI is InChI=1S/C11H23NO2S/c13-7-3-8-15-9-6-12-10-4-1-2-5-11(10)14/h10-14H,1-9H2. The molecule has 0 radical (unpaired) electrons. The number of hydrogen-bond acceptors (Lipinski definition) is 4. The van der Waals surface area contributed by atoms with Gasteiger partial charge in [0.15, 0.2) is 0 Å². The Hall–Kier alpha value is 0.230. The molecule has 2 unspecified atom stereocenters. The Morgan fingerprint density at radius 1 is 1.20 bits per heavy atom. The number of rotatable bonds is 7. The largest absolute Gasteiger partial charge is 0.396 e. The molecule has 1 rings (SSSR count). The highest BCUT2D eigenvalue weighted by Gasteiger charge is 2.21. The van der Waals surface area contributed by atoms with E-state index in [1.54, 1.807) is 0 Å². The number of aliphatic hydroxyl groups is 2. The van der Waals surface area contributed by atoms with Crippen molar-refractivity contribution in [2.45, 2.75) is 44.2 Å². The van der Waals surface area contributed by atoms with E-state index in [0.717, 1.165) is 37.3 Å². The average molecular weight is 233 g/mol. The first kappa shape index (κ1) is 13.3. The fraction of sp³-hybridized carbons (Fsp3) is 1.00. The number of nitrogens with one attached hydrogen (secondary N) is 1. The lowest BCUT2D eigenvalue weighted by molar-refractivity contribution is 0.0921. The van der Waals surface area contributed by atoms with Gasteiger partial charge in [-0.1, -0.05) is 12.8 Å². The summed E-state index contributed by atoms with van der Waals surface area (Å²) in [4.78, 5) is 0. The molecule has 1 aliphatic carbocycles. The van der Waals surface area contributed by atoms with Gasteiger partial charge in [0.25, 0.3) is 0 Å². The molecule has 0 bridgehead atoms. The topological polar surface area (TPSA) is 52.5 Å². The molecule has 0 spiro atoms. The van der Waals surface area contributed by atoms with Crippen molar-refractivity contribution in [3.05, 3.63) is 0 Å². The first-order valence-electron chi connectivity index (χ1n) is 5.94. The van der Waals surface area contributed by atoms with E-state index in [9.17, 15) is 5.11 Å². The third kappa shape index (κ3) is 5.76. The molecule has 3 nitrogen and oxygen atoms in total. The van der Waals surface area contributed by atoms with Gasteiger partial charge in [-0.2, -0.15) is 11.8 Å². The van der Waals surface area contributed by atoms with Crippen molar-refractivity contribution < 1.29 is 10.2 Å². The Bertz CT molecular complexity index is 158. The van der Waals surface area contributed by atoms with Crippen LogP contribution in [-0.4, -0.2) is 47.0 Å². The average Bonchev–Trinajstić information content (AvgIpc) is 2.25. The van der Waals surface area contributed by atoms with Gasteiger partial charge < -0.3 is 15.5 Å². The molecule has 0 amide bonds. The highest BCUT2D eigenvalue weighted by atomic mass is 32.2. The summed E-state index contributed by atoms with van der Waals surface area (Å²) in [5.41, 5.74) is 0. The Morgan fingerprint density at radius 3 is 2.73 bits per heavy atom. The van der Waals surface area contributed by atoms with Gasteiger partial charge in [-0.05, 0) is 25.0 Å². The van der Waals surface area contributed by atoms with Gasteiger partial charge in [0.2, 0.25) is 0 Å². The van der Waals surface area contributed by atoms with Crippen molar-refractivity contribution in [2.75, 3.05) is 24.7 Å². The van der Waals surface area contributed by atoms with Crippen molar-refractivity contribution in [3.63, 3.8) is 0 Å². The summed E-state index contributed by atoms with van der Waals surface area (Å²) in [6, 6.07) is 0.317. The Balaban J connectivity index is 1.94. The zero-order valence-corrected chi connectivity index (χ0v) is 10.1. The lowest BCUT2D eigenvalue weighted by atomic mass is 9.93. The summed E-state index contributed by atoms with van der Waals surface area (Å²) in [6.45, 7) is 1.26. The van der Waals surface area contributed by atoms with Crippen LogP contribution in [0.5, 0.6) is 0 Å². The summed E-state index contributed by atoms with van der Waals surface area (Å²) < 4.78 is 0. The fourth-order valence-corrected chi connectivity index (χ4v) is 2.73. The first-order chi connectivity index (χ1) is 7.34. The maximum atomic E-state index is 9.71. The molecule has 3 N–H and O–H groups in total. The van der Waals surface area contributed by atoms with Crippen LogP contribution in [0.3, 0.4) is 0 Å². The number of hydrogen-bond donors (Lipinski definition) is 3. The zero-order chi connectivity index (χ0) is 10.9. The van der Waals surface area contributed by atoms with E-state index in [1.807, 2.05) is 11.8 Å². The molecule has 1 saturated carbocycles. The minimum absolute atomic E-state index is 0.138. The van der Waals surface area contributed by atoms with Crippen LogP contribution in [-0.2, 0) is 0 Å². The number of thioether (sulfide) groups is 1. The van der Waals surface area contributed by atoms with E-state index < -0.39 is 0 Å². The molecule has 0 aliphatic heterocycles. The minimum atomic E-state index is -0.138. The summed E-state index contributed by atoms with van der Waals surface area (Å²) >= 11 is 1.86. The molecule has 0 heterocycles. The van der Waals surface area contributed by atoms with E-state index >= 15 is 0 Å². The van der Waals surface area contributed by atoms with Crippen LogP contribution < -0.4 is 5.32 Å². The third-order valence-electron chi connectivity index (χ3n) is 2.83. The summed E-state index contributed by atoms with van der Waals surface area (Å²) in [5.74, 6) is 2.11. The minimum Gasteiger partial charge on any atom is -0.396 e. The molecule has 0 aromatic carbocycles. The smallest absolute Gasteiger partial charge is 0.0693 e. The van der Waals surface area contributed by atoms with Crippen molar-refractivity contribution >= 4 is 11.8 Å². The third-order valence-corrected chi connectivity index (χ3v) is 3.90. The lowest BCUT2D eigenvalue weighted by Gasteiger charge is -2.28. The van der Waals surface area contributed by atoms with Crippen LogP contribution in [0.25, 0.3) is 0 Å². The van der Waals surface area contributed by atoms with Crippen molar-refractivity contribution in [2.24, 2.45) is 0 Å². The molecule has 0 saturated heterocycles. The monoisotopic (exact) mass is 233 g/mol. The summed E-state index contributed by atoms with van der Waals surface area (Å²) in [7, 11) is 0. The predicted molar refractivity (Wildman–Crippen MR) is 65.3 cm³/mol. The van der Waals surface area contributed by atoms with Crippen LogP contribution in [0.4, 0.5) is 0 Å². The summed E-state index contributed by atoms with van der Waals surface area (Å²) in [6.07, 6.45) is 5.23. The zero-order valence-electron chi connectivity index (χ0n) is 9.32. The second kappa shape index (κ2) is 8.39. The van der Waals surface area contributed by atoms with Gasteiger partial charge in [-0.3, -0.25) is 0 Å². The molecule has 1 aliphatic rings. The SMILES string of the molecule is OCCCSCCNC1CCCCC1O. The van der Waals surface area contributed by atoms with Crippen LogP contribution in [0.15, 0.2) is 0 Å².